The lowest BCUT2D eigenvalue weighted by Crippen LogP contribution is -2.25. The highest BCUT2D eigenvalue weighted by molar-refractivity contribution is 5.75. The number of nitrogens with zero attached hydrogens (tertiary/aromatic N) is 5. The molecule has 0 radical (unpaired) electrons. The van der Waals surface area contributed by atoms with Crippen LogP contribution in [0.4, 0.5) is 19.1 Å². The smallest absolute Gasteiger partial charge is 0.329 e. The average molecular weight is 352 g/mol. The summed E-state index contributed by atoms with van der Waals surface area (Å²) in [7, 11) is 0. The van der Waals surface area contributed by atoms with E-state index >= 15 is 0 Å². The highest BCUT2D eigenvalue weighted by Crippen LogP contribution is 2.29. The van der Waals surface area contributed by atoms with Crippen LogP contribution in [0.1, 0.15) is 12.8 Å². The van der Waals surface area contributed by atoms with E-state index in [0.717, 1.165) is 0 Å². The highest BCUT2D eigenvalue weighted by atomic mass is 19.4. The van der Waals surface area contributed by atoms with Crippen molar-refractivity contribution in [1.29, 1.82) is 0 Å². The van der Waals surface area contributed by atoms with E-state index < -0.39 is 12.1 Å². The summed E-state index contributed by atoms with van der Waals surface area (Å²) in [5.41, 5.74) is 0.866. The fraction of sp³-hybridized carbons (Fsp3) is 0.214. The van der Waals surface area contributed by atoms with Crippen molar-refractivity contribution in [2.24, 2.45) is 0 Å². The number of aromatic nitrogens is 4. The summed E-state index contributed by atoms with van der Waals surface area (Å²) in [5, 5.41) is 6.17. The van der Waals surface area contributed by atoms with Gasteiger partial charge in [0.15, 0.2) is 0 Å². The summed E-state index contributed by atoms with van der Waals surface area (Å²) in [6, 6.07) is 0. The van der Waals surface area contributed by atoms with Gasteiger partial charge in [-0.25, -0.2) is 9.97 Å². The lowest BCUT2D eigenvalue weighted by Gasteiger charge is -2.19. The largest absolute Gasteiger partial charge is 0.471 e. The molecule has 0 unspecified atom stereocenters. The number of anilines is 1. The van der Waals surface area contributed by atoms with E-state index in [1.165, 1.54) is 24.2 Å². The maximum Gasteiger partial charge on any atom is 0.471 e. The fourth-order valence-electron chi connectivity index (χ4n) is 1.92. The van der Waals surface area contributed by atoms with Gasteiger partial charge in [0.05, 0.1) is 5.56 Å². The number of amides is 1. The maximum atomic E-state index is 12.4. The molecule has 11 heteroatoms. The number of alkyl halides is 3. The van der Waals surface area contributed by atoms with Crippen molar-refractivity contribution < 1.29 is 22.5 Å². The molecule has 1 amide bonds. The predicted molar refractivity (Wildman–Crippen MR) is 78.6 cm³/mol. The highest BCUT2D eigenvalue weighted by Gasteiger charge is 2.38. The van der Waals surface area contributed by atoms with Gasteiger partial charge in [-0.2, -0.15) is 18.2 Å². The van der Waals surface area contributed by atoms with E-state index in [2.05, 4.69) is 29.9 Å². The number of hydrogen-bond donors (Lipinski definition) is 1. The number of carbonyl (C=O) groups excluding carboxylic acids is 1. The second kappa shape index (κ2) is 6.34. The predicted octanol–water partition coefficient (Wildman–Crippen LogP) is 2.22. The van der Waals surface area contributed by atoms with Crippen molar-refractivity contribution in [3.63, 3.8) is 0 Å². The monoisotopic (exact) mass is 352 g/mol. The molecule has 0 fully saturated rings. The molecule has 130 valence electrons. The van der Waals surface area contributed by atoms with Crippen molar-refractivity contribution in [2.75, 3.05) is 11.9 Å². The first-order valence-electron chi connectivity index (χ1n) is 6.99. The molecule has 1 aliphatic rings. The second-order valence-corrected chi connectivity index (χ2v) is 4.99. The van der Waals surface area contributed by atoms with E-state index in [1.807, 2.05) is 0 Å². The van der Waals surface area contributed by atoms with E-state index in [4.69, 9.17) is 0 Å². The third-order valence-electron chi connectivity index (χ3n) is 3.18. The third kappa shape index (κ3) is 3.82. The number of rotatable bonds is 3. The van der Waals surface area contributed by atoms with Crippen LogP contribution in [0.15, 0.2) is 41.0 Å². The maximum absolute atomic E-state index is 12.4. The molecule has 0 saturated heterocycles. The minimum atomic E-state index is -4.71. The number of hydrogen-bond acceptors (Lipinski definition) is 7. The molecular weight excluding hydrogens is 341 g/mol. The number of allylic oxidation sites excluding steroid dienone is 1. The third-order valence-corrected chi connectivity index (χ3v) is 3.18. The molecule has 0 atom stereocenters. The molecule has 3 heterocycles. The van der Waals surface area contributed by atoms with Crippen molar-refractivity contribution in [3.8, 4) is 11.4 Å². The number of carbonyl (C=O) groups is 1. The van der Waals surface area contributed by atoms with Crippen LogP contribution in [0.25, 0.3) is 11.4 Å². The van der Waals surface area contributed by atoms with Crippen molar-refractivity contribution in [3.05, 3.63) is 42.3 Å². The summed E-state index contributed by atoms with van der Waals surface area (Å²) >= 11 is 0. The zero-order valence-electron chi connectivity index (χ0n) is 12.8. The number of nitrogens with one attached hydrogen (secondary N) is 1. The van der Waals surface area contributed by atoms with Gasteiger partial charge in [0.25, 0.3) is 0 Å². The van der Waals surface area contributed by atoms with E-state index in [1.54, 1.807) is 18.4 Å². The van der Waals surface area contributed by atoms with Crippen molar-refractivity contribution >= 4 is 11.9 Å². The van der Waals surface area contributed by atoms with Gasteiger partial charge in [-0.1, -0.05) is 5.16 Å². The molecular formula is C14H11F3N6O2. The molecule has 3 rings (SSSR count). The van der Waals surface area contributed by atoms with Crippen LogP contribution in [0, 0.1) is 0 Å². The molecule has 0 bridgehead atoms. The molecule has 0 spiro atoms. The molecule has 0 saturated carbocycles. The van der Waals surface area contributed by atoms with E-state index in [-0.39, 0.29) is 23.2 Å². The van der Waals surface area contributed by atoms with Crippen LogP contribution in [-0.2, 0) is 11.0 Å². The van der Waals surface area contributed by atoms with Gasteiger partial charge in [-0.3, -0.25) is 4.79 Å². The van der Waals surface area contributed by atoms with Gasteiger partial charge in [0, 0.05) is 37.8 Å². The first-order valence-corrected chi connectivity index (χ1v) is 6.99. The Morgan fingerprint density at radius 2 is 2.04 bits per heavy atom. The Kier molecular flexibility index (Phi) is 4.21. The first-order chi connectivity index (χ1) is 11.8. The molecule has 0 aliphatic carbocycles. The van der Waals surface area contributed by atoms with E-state index in [0.29, 0.717) is 12.2 Å². The summed E-state index contributed by atoms with van der Waals surface area (Å²) in [6.45, 7) is 1.87. The Bertz CT molecular complexity index is 841. The van der Waals surface area contributed by atoms with Gasteiger partial charge in [0.2, 0.25) is 17.7 Å². The molecule has 1 aliphatic heterocycles. The first kappa shape index (κ1) is 16.6. The Morgan fingerprint density at radius 3 is 2.56 bits per heavy atom. The van der Waals surface area contributed by atoms with Crippen LogP contribution < -0.4 is 5.32 Å². The van der Waals surface area contributed by atoms with Gasteiger partial charge in [0.1, 0.15) is 0 Å². The van der Waals surface area contributed by atoms with Crippen LogP contribution in [-0.4, -0.2) is 37.5 Å². The summed E-state index contributed by atoms with van der Waals surface area (Å²) in [5.74, 6) is -1.54. The Hall–Kier alpha value is -3.24. The molecule has 2 aromatic heterocycles. The molecule has 2 aromatic rings. The van der Waals surface area contributed by atoms with E-state index in [9.17, 15) is 18.0 Å². The van der Waals surface area contributed by atoms with Gasteiger partial charge in [-0.05, 0) is 12.2 Å². The zero-order chi connectivity index (χ0) is 18.0. The quantitative estimate of drug-likeness (QED) is 0.904. The molecule has 25 heavy (non-hydrogen) atoms. The van der Waals surface area contributed by atoms with Crippen LogP contribution in [0.5, 0.6) is 0 Å². The average Bonchev–Trinajstić information content (AvgIpc) is 3.06. The van der Waals surface area contributed by atoms with Crippen LogP contribution in [0.3, 0.4) is 0 Å². The lowest BCUT2D eigenvalue weighted by molar-refractivity contribution is -0.159. The van der Waals surface area contributed by atoms with Gasteiger partial charge < -0.3 is 14.7 Å². The number of halogens is 3. The summed E-state index contributed by atoms with van der Waals surface area (Å²) < 4.78 is 41.5. The van der Waals surface area contributed by atoms with Crippen molar-refractivity contribution in [2.45, 2.75) is 13.1 Å². The van der Waals surface area contributed by atoms with Gasteiger partial charge in [-0.15, -0.1) is 0 Å². The second-order valence-electron chi connectivity index (χ2n) is 4.99. The summed E-state index contributed by atoms with van der Waals surface area (Å²) in [4.78, 5) is 24.0. The fourth-order valence-corrected chi connectivity index (χ4v) is 1.92. The Balaban J connectivity index is 1.68. The Labute approximate surface area is 139 Å². The topological polar surface area (TPSA) is 97.0 Å². The Morgan fingerprint density at radius 1 is 1.32 bits per heavy atom. The van der Waals surface area contributed by atoms with Crippen molar-refractivity contribution in [1.82, 2.24) is 25.0 Å². The minimum absolute atomic E-state index is 0.0782. The SMILES string of the molecule is CC(=O)N1C=CC(Nc2ncc(-c3noc(C(F)(F)F)n3)cn2)=CC1. The lowest BCUT2D eigenvalue weighted by atomic mass is 10.3. The standard InChI is InChI=1S/C14H11F3N6O2/c1-8(24)23-4-2-10(3-5-23)20-13-18-6-9(7-19-13)11-21-12(25-22-11)14(15,16)17/h2-4,6-7H,5H2,1H3,(H,18,19,20). The molecule has 0 aromatic carbocycles. The van der Waals surface area contributed by atoms with Gasteiger partial charge >= 0.3 is 12.1 Å². The molecule has 8 nitrogen and oxygen atoms in total. The zero-order valence-corrected chi connectivity index (χ0v) is 12.8. The normalized spacial score (nSPS) is 14.4. The molecule has 1 N–H and O–H groups in total. The summed E-state index contributed by atoms with van der Waals surface area (Å²) in [6.07, 6.45) is 2.91. The van der Waals surface area contributed by atoms with Crippen LogP contribution in [0.2, 0.25) is 0 Å². The minimum Gasteiger partial charge on any atom is -0.329 e. The van der Waals surface area contributed by atoms with Crippen LogP contribution >= 0.6 is 0 Å².